The molecule has 104 valence electrons. The highest BCUT2D eigenvalue weighted by Gasteiger charge is 2.26. The molecule has 0 radical (unpaired) electrons. The van der Waals surface area contributed by atoms with Crippen molar-refractivity contribution in [2.24, 2.45) is 5.73 Å². The number of fused-ring (bicyclic) bond motifs is 3. The molecule has 1 aliphatic heterocycles. The molecule has 1 atom stereocenters. The first-order valence-corrected chi connectivity index (χ1v) is 7.49. The van der Waals surface area contributed by atoms with Crippen LogP contribution in [0.25, 0.3) is 11.3 Å². The maximum Gasteiger partial charge on any atom is 0.154 e. The Kier molecular flexibility index (Phi) is 2.77. The van der Waals surface area contributed by atoms with Crippen LogP contribution in [0.5, 0.6) is 0 Å². The molecule has 2 aliphatic rings. The summed E-state index contributed by atoms with van der Waals surface area (Å²) in [7, 11) is 0. The minimum Gasteiger partial charge on any atom is -0.353 e. The van der Waals surface area contributed by atoms with Gasteiger partial charge in [0, 0.05) is 30.3 Å². The van der Waals surface area contributed by atoms with Crippen LogP contribution in [0.3, 0.4) is 0 Å². The van der Waals surface area contributed by atoms with E-state index in [1.165, 1.54) is 28.8 Å². The lowest BCUT2D eigenvalue weighted by atomic mass is 9.89. The number of aromatic nitrogens is 2. The zero-order valence-electron chi connectivity index (χ0n) is 11.6. The lowest BCUT2D eigenvalue weighted by molar-refractivity contribution is 0.502. The van der Waals surface area contributed by atoms with Crippen LogP contribution in [0.15, 0.2) is 24.3 Å². The van der Waals surface area contributed by atoms with Crippen LogP contribution in [0.4, 0.5) is 5.82 Å². The molecule has 1 aromatic carbocycles. The molecule has 4 heteroatoms. The Bertz CT molecular complexity index is 631. The highest BCUT2D eigenvalue weighted by Crippen LogP contribution is 2.37. The zero-order valence-corrected chi connectivity index (χ0v) is 11.6. The maximum absolute atomic E-state index is 6.10. The van der Waals surface area contributed by atoms with Crippen molar-refractivity contribution < 1.29 is 0 Å². The number of aromatic amines is 1. The number of rotatable bonds is 1. The van der Waals surface area contributed by atoms with E-state index in [1.807, 2.05) is 0 Å². The van der Waals surface area contributed by atoms with Crippen LogP contribution >= 0.6 is 0 Å². The van der Waals surface area contributed by atoms with Gasteiger partial charge >= 0.3 is 0 Å². The van der Waals surface area contributed by atoms with E-state index in [9.17, 15) is 0 Å². The number of hydrogen-bond donors (Lipinski definition) is 2. The smallest absolute Gasteiger partial charge is 0.154 e. The van der Waals surface area contributed by atoms with Crippen molar-refractivity contribution in [3.05, 3.63) is 35.4 Å². The van der Waals surface area contributed by atoms with Crippen LogP contribution < -0.4 is 10.6 Å². The summed E-state index contributed by atoms with van der Waals surface area (Å²) in [6.45, 7) is 2.01. The van der Waals surface area contributed by atoms with Gasteiger partial charge < -0.3 is 10.6 Å². The number of nitrogens with zero attached hydrogens (tertiary/aromatic N) is 2. The fraction of sp³-hybridized carbons (Fsp3) is 0.438. The fourth-order valence-corrected chi connectivity index (χ4v) is 3.52. The second-order valence-corrected chi connectivity index (χ2v) is 5.91. The summed E-state index contributed by atoms with van der Waals surface area (Å²) in [5.41, 5.74) is 11.4. The van der Waals surface area contributed by atoms with Gasteiger partial charge in [0.2, 0.25) is 0 Å². The summed E-state index contributed by atoms with van der Waals surface area (Å²) in [5.74, 6) is 1.13. The number of benzene rings is 1. The molecule has 2 aromatic rings. The molecule has 1 aliphatic carbocycles. The number of piperidine rings is 1. The maximum atomic E-state index is 6.10. The molecule has 4 rings (SSSR count). The molecule has 1 saturated heterocycles. The Morgan fingerprint density at radius 2 is 2.15 bits per heavy atom. The van der Waals surface area contributed by atoms with Crippen LogP contribution in [-0.2, 0) is 12.8 Å². The summed E-state index contributed by atoms with van der Waals surface area (Å²) < 4.78 is 0. The zero-order chi connectivity index (χ0) is 13.5. The highest BCUT2D eigenvalue weighted by molar-refractivity contribution is 5.74. The topological polar surface area (TPSA) is 57.9 Å². The van der Waals surface area contributed by atoms with E-state index in [-0.39, 0.29) is 6.04 Å². The molecule has 0 saturated carbocycles. The Balaban J connectivity index is 1.74. The molecular formula is C16H20N4. The summed E-state index contributed by atoms with van der Waals surface area (Å²) in [4.78, 5) is 2.36. The summed E-state index contributed by atoms with van der Waals surface area (Å²) in [5, 5.41) is 7.86. The number of anilines is 1. The average Bonchev–Trinajstić information content (AvgIpc) is 2.91. The first kappa shape index (κ1) is 12.0. The van der Waals surface area contributed by atoms with E-state index < -0.39 is 0 Å². The van der Waals surface area contributed by atoms with Crippen molar-refractivity contribution in [1.82, 2.24) is 10.2 Å². The lowest BCUT2D eigenvalue weighted by Gasteiger charge is -2.32. The third-order valence-electron chi connectivity index (χ3n) is 4.53. The van der Waals surface area contributed by atoms with E-state index in [1.54, 1.807) is 0 Å². The molecule has 4 nitrogen and oxygen atoms in total. The summed E-state index contributed by atoms with van der Waals surface area (Å²) >= 11 is 0. The van der Waals surface area contributed by atoms with Crippen LogP contribution in [0.1, 0.15) is 24.0 Å². The number of H-pyrrole nitrogens is 1. The molecule has 3 N–H and O–H groups in total. The second-order valence-electron chi connectivity index (χ2n) is 5.91. The number of hydrogen-bond acceptors (Lipinski definition) is 3. The van der Waals surface area contributed by atoms with Gasteiger partial charge in [-0.15, -0.1) is 0 Å². The minimum atomic E-state index is 0.284. The predicted octanol–water partition coefficient (Wildman–Crippen LogP) is 2.10. The molecule has 0 amide bonds. The Morgan fingerprint density at radius 1 is 1.25 bits per heavy atom. The fourth-order valence-electron chi connectivity index (χ4n) is 3.52. The van der Waals surface area contributed by atoms with Crippen molar-refractivity contribution in [3.8, 4) is 11.3 Å². The van der Waals surface area contributed by atoms with Gasteiger partial charge in [0.1, 0.15) is 0 Å². The SMILES string of the molecule is NC1CCCN(c2n[nH]c3c2CCc2ccccc2-3)C1. The second kappa shape index (κ2) is 4.63. The first-order valence-electron chi connectivity index (χ1n) is 7.49. The predicted molar refractivity (Wildman–Crippen MR) is 80.9 cm³/mol. The normalized spacial score (nSPS) is 21.4. The van der Waals surface area contributed by atoms with E-state index in [4.69, 9.17) is 5.73 Å². The van der Waals surface area contributed by atoms with Gasteiger partial charge in [0.15, 0.2) is 5.82 Å². The first-order chi connectivity index (χ1) is 9.83. The van der Waals surface area contributed by atoms with Gasteiger partial charge in [-0.3, -0.25) is 5.10 Å². The highest BCUT2D eigenvalue weighted by atomic mass is 15.3. The van der Waals surface area contributed by atoms with Crippen molar-refractivity contribution in [2.75, 3.05) is 18.0 Å². The van der Waals surface area contributed by atoms with E-state index in [0.717, 1.165) is 38.2 Å². The molecular weight excluding hydrogens is 248 g/mol. The molecule has 1 unspecified atom stereocenters. The van der Waals surface area contributed by atoms with Gasteiger partial charge in [-0.05, 0) is 31.2 Å². The lowest BCUT2D eigenvalue weighted by Crippen LogP contribution is -2.43. The number of nitrogens with one attached hydrogen (secondary N) is 1. The molecule has 0 bridgehead atoms. The van der Waals surface area contributed by atoms with Gasteiger partial charge in [-0.25, -0.2) is 0 Å². The van der Waals surface area contributed by atoms with Crippen molar-refractivity contribution in [3.63, 3.8) is 0 Å². The number of aryl methyl sites for hydroxylation is 1. The molecule has 1 fully saturated rings. The third kappa shape index (κ3) is 1.83. The van der Waals surface area contributed by atoms with Crippen molar-refractivity contribution in [1.29, 1.82) is 0 Å². The van der Waals surface area contributed by atoms with Crippen LogP contribution in [-0.4, -0.2) is 29.3 Å². The average molecular weight is 268 g/mol. The number of nitrogens with two attached hydrogens (primary N) is 1. The molecule has 2 heterocycles. The van der Waals surface area contributed by atoms with Crippen LogP contribution in [0.2, 0.25) is 0 Å². The summed E-state index contributed by atoms with van der Waals surface area (Å²) in [6.07, 6.45) is 4.48. The standard InChI is InChI=1S/C16H20N4/c17-12-5-3-9-20(10-12)16-14-8-7-11-4-1-2-6-13(11)15(14)18-19-16/h1-2,4,6,12H,3,5,7-10,17H2,(H,18,19). The van der Waals surface area contributed by atoms with Gasteiger partial charge in [-0.1, -0.05) is 24.3 Å². The molecule has 20 heavy (non-hydrogen) atoms. The van der Waals surface area contributed by atoms with Gasteiger partial charge in [-0.2, -0.15) is 5.10 Å². The van der Waals surface area contributed by atoms with Crippen LogP contribution in [0, 0.1) is 0 Å². The van der Waals surface area contributed by atoms with E-state index in [0.29, 0.717) is 0 Å². The Labute approximate surface area is 119 Å². The van der Waals surface area contributed by atoms with E-state index >= 15 is 0 Å². The minimum absolute atomic E-state index is 0.284. The Hall–Kier alpha value is -1.81. The third-order valence-corrected chi connectivity index (χ3v) is 4.53. The van der Waals surface area contributed by atoms with Gasteiger partial charge in [0.25, 0.3) is 0 Å². The van der Waals surface area contributed by atoms with E-state index in [2.05, 4.69) is 39.4 Å². The Morgan fingerprint density at radius 3 is 3.05 bits per heavy atom. The largest absolute Gasteiger partial charge is 0.353 e. The molecule has 0 spiro atoms. The van der Waals surface area contributed by atoms with Crippen molar-refractivity contribution in [2.45, 2.75) is 31.7 Å². The summed E-state index contributed by atoms with van der Waals surface area (Å²) in [6, 6.07) is 8.91. The monoisotopic (exact) mass is 268 g/mol. The molecule has 1 aromatic heterocycles. The van der Waals surface area contributed by atoms with Crippen molar-refractivity contribution >= 4 is 5.82 Å². The van der Waals surface area contributed by atoms with Gasteiger partial charge in [0.05, 0.1) is 5.69 Å². The quantitative estimate of drug-likeness (QED) is 0.832.